The van der Waals surface area contributed by atoms with Gasteiger partial charge in [-0.15, -0.1) is 40.9 Å². The number of hydrogen-bond acceptors (Lipinski definition) is 37. The van der Waals surface area contributed by atoms with Crippen molar-refractivity contribution in [1.29, 1.82) is 0 Å². The molecule has 0 heterocycles. The van der Waals surface area contributed by atoms with E-state index in [1.807, 2.05) is 0 Å². The van der Waals surface area contributed by atoms with Crippen molar-refractivity contribution in [1.82, 2.24) is 0 Å². The van der Waals surface area contributed by atoms with Crippen LogP contribution in [-0.4, -0.2) is 162 Å². The predicted octanol–water partition coefficient (Wildman–Crippen LogP) is 9.86. The number of nitrogens with zero attached hydrogens (tertiary/aromatic N) is 11. The molecule has 0 fully saturated rings. The summed E-state index contributed by atoms with van der Waals surface area (Å²) in [6, 6.07) is 12.2. The molecule has 0 aliphatic carbocycles. The molecule has 58 heteroatoms. The first kappa shape index (κ1) is 84.2. The number of fused-ring (bicyclic) bond motifs is 4. The molecule has 0 aromatic heterocycles. The summed E-state index contributed by atoms with van der Waals surface area (Å²) in [5.41, 5.74) is -5.97. The summed E-state index contributed by atoms with van der Waals surface area (Å²) in [6.07, 6.45) is -0.462. The summed E-state index contributed by atoms with van der Waals surface area (Å²) in [5.74, 6) is -6.01. The predicted molar refractivity (Wildman–Crippen MR) is 380 cm³/mol. The molecule has 0 amide bonds. The molecule has 48 nitrogen and oxygen atoms in total. The van der Waals surface area contributed by atoms with E-state index in [0.29, 0.717) is 36.4 Å². The summed E-state index contributed by atoms with van der Waals surface area (Å²) in [6.45, 7) is -0.607. The molecule has 0 unspecified atom stereocenters. The third-order valence-corrected chi connectivity index (χ3v) is 24.1. The van der Waals surface area contributed by atoms with Crippen LogP contribution < -0.4 is 10.5 Å². The van der Waals surface area contributed by atoms with Crippen LogP contribution in [0, 0.1) is 10.1 Å². The Kier molecular flexibility index (Phi) is 22.1. The van der Waals surface area contributed by atoms with Crippen molar-refractivity contribution < 1.29 is 155 Å². The van der Waals surface area contributed by atoms with E-state index in [9.17, 15) is 155 Å². The molecule has 0 spiro atoms. The van der Waals surface area contributed by atoms with Gasteiger partial charge >= 0.3 is 0 Å². The number of aromatic hydroxyl groups is 3. The zero-order valence-electron chi connectivity index (χ0n) is 54.4. The van der Waals surface area contributed by atoms with Crippen molar-refractivity contribution in [3.05, 3.63) is 125 Å². The monoisotopic (exact) mass is 1760 g/mol. The lowest BCUT2D eigenvalue weighted by Crippen LogP contribution is -2.08. The van der Waals surface area contributed by atoms with Crippen LogP contribution in [0.25, 0.3) is 43.1 Å². The highest BCUT2D eigenvalue weighted by molar-refractivity contribution is 7.88. The maximum absolute atomic E-state index is 13.3. The Morgan fingerprint density at radius 3 is 1.25 bits per heavy atom. The number of ether oxygens (including phenoxy) is 1. The van der Waals surface area contributed by atoms with Gasteiger partial charge in [0.1, 0.15) is 89.6 Å². The second-order valence-electron chi connectivity index (χ2n) is 22.6. The lowest BCUT2D eigenvalue weighted by Gasteiger charge is -2.15. The van der Waals surface area contributed by atoms with Crippen LogP contribution in [0.15, 0.2) is 210 Å². The number of anilines is 1. The second-order valence-corrected chi connectivity index (χ2v) is 36.6. The molecule has 596 valence electrons. The van der Waals surface area contributed by atoms with E-state index in [4.69, 9.17) is 10.5 Å². The zero-order chi connectivity index (χ0) is 84.0. The van der Waals surface area contributed by atoms with Crippen LogP contribution in [0.4, 0.5) is 68.2 Å². The molecule has 10 rings (SSSR count). The zero-order valence-corrected chi connectivity index (χ0v) is 62.5. The highest BCUT2D eigenvalue weighted by atomic mass is 32.3. The quantitative estimate of drug-likeness (QED) is 0.00631. The van der Waals surface area contributed by atoms with E-state index in [-0.39, 0.29) is 36.0 Å². The molecule has 10 aromatic carbocycles. The van der Waals surface area contributed by atoms with Gasteiger partial charge in [0, 0.05) is 49.8 Å². The van der Waals surface area contributed by atoms with Gasteiger partial charge in [-0.25, -0.2) is 0 Å². The highest BCUT2D eigenvalue weighted by Gasteiger charge is 2.34. The summed E-state index contributed by atoms with van der Waals surface area (Å²) < 4.78 is 360. The minimum absolute atomic E-state index is 0.142. The van der Waals surface area contributed by atoms with Gasteiger partial charge in [-0.1, -0.05) is 12.1 Å². The van der Waals surface area contributed by atoms with Crippen LogP contribution in [0.3, 0.4) is 0 Å². The SMILES string of the molecule is Nc1c(N=Nc2ccc3c(O)c(N=Nc4ccc5c(O)c(N=Nc6ccc(N=Nc7cc(S(=O)(=O)O)c8cccc(S(=O)(=O)O)c8c7)cc6OCCCS(=O)(=O)O)c(S(=O)(=O)O)cc5c4S(=O)(=O)O)c(S(=O)(=O)O)cc3c2S(=O)(=O)O)cc(S(=O)(=O)O)c2cc(S(=O)(=O)O)c(N=Nc3ccc(S(=O)(=O)O)cc3[N+](=O)[O-])c(O)c12. The topological polar surface area (TPSA) is 806 Å². The third-order valence-electron chi connectivity index (χ3n) is 15.2. The van der Waals surface area contributed by atoms with E-state index < -0.39 is 298 Å². The molecule has 15 N–H and O–H groups in total. The molecule has 0 saturated heterocycles. The smallest absolute Gasteiger partial charge is 0.298 e. The Morgan fingerprint density at radius 2 is 0.779 bits per heavy atom. The summed E-state index contributed by atoms with van der Waals surface area (Å²) in [5, 5.41) is 75.9. The van der Waals surface area contributed by atoms with Crippen LogP contribution in [0.2, 0.25) is 0 Å². The number of phenols is 3. The van der Waals surface area contributed by atoms with Gasteiger partial charge < -0.3 is 25.8 Å². The minimum atomic E-state index is -5.96. The summed E-state index contributed by atoms with van der Waals surface area (Å²) >= 11 is 0. The lowest BCUT2D eigenvalue weighted by atomic mass is 10.0. The van der Waals surface area contributed by atoms with E-state index in [0.717, 1.165) is 48.5 Å². The van der Waals surface area contributed by atoms with Gasteiger partial charge in [-0.3, -0.25) is 55.6 Å². The van der Waals surface area contributed by atoms with Gasteiger partial charge in [0.15, 0.2) is 22.9 Å². The Morgan fingerprint density at radius 1 is 0.354 bits per heavy atom. The van der Waals surface area contributed by atoms with Gasteiger partial charge in [0.25, 0.3) is 107 Å². The molecule has 0 aliphatic heterocycles. The van der Waals surface area contributed by atoms with Crippen LogP contribution >= 0.6 is 0 Å². The molecule has 0 atom stereocenters. The Bertz CT molecular complexity index is 7320. The van der Waals surface area contributed by atoms with Crippen LogP contribution in [0.1, 0.15) is 6.42 Å². The van der Waals surface area contributed by atoms with Crippen molar-refractivity contribution in [3.63, 3.8) is 0 Å². The number of benzene rings is 10. The lowest BCUT2D eigenvalue weighted by molar-refractivity contribution is -0.384. The van der Waals surface area contributed by atoms with Crippen molar-refractivity contribution in [3.8, 4) is 23.0 Å². The van der Waals surface area contributed by atoms with Crippen molar-refractivity contribution in [2.75, 3.05) is 18.1 Å². The molecule has 113 heavy (non-hydrogen) atoms. The standard InChI is InChI=1S/C55H40N12O36S10/c56-47-37(22-42(108(85,86)87)32-21-45(111(94,95)96)50(53(70)46(32)47)66-59-33-10-6-25(105(76,77)78)18-38(33)67(71)72)63-61-35-11-7-27-30(54(35)112(97,98)99)19-44(110(91,92)93)49(52(27)69)65-62-36-12-8-28-31(55(36)113(100,101)102)20-43(109(88,89)90)48(51(28)68)64-60-34-9-5-23(16-39(34)103-13-2-14-104(73,74)75)57-58-24-15-29-26(41(17-24)107(82,83)84)3-1-4-40(29)106(79,80)81/h1,3-12,15-22,68-70H,2,13-14,56H2,(H,73,74,75)(H,76,77,78)(H,79,80,81)(H,82,83,84)(H,85,86,87)(H,88,89,90)(H,91,92,93)(H,94,95,96)(H,97,98,99)(H,100,101,102). The molecular weight excluding hydrogens is 1730 g/mol. The molecule has 0 radical (unpaired) electrons. The fraction of sp³-hybridized carbons (Fsp3) is 0.0545. The number of nitrogens with two attached hydrogens (primary N) is 1. The van der Waals surface area contributed by atoms with Crippen LogP contribution in [-0.2, 0) is 101 Å². The first-order chi connectivity index (χ1) is 51.9. The van der Waals surface area contributed by atoms with Crippen molar-refractivity contribution in [2.24, 2.45) is 51.1 Å². The van der Waals surface area contributed by atoms with Gasteiger partial charge in [-0.05, 0) is 97.4 Å². The fourth-order valence-corrected chi connectivity index (χ4v) is 17.3. The maximum atomic E-state index is 13.3. The Balaban J connectivity index is 1.06. The number of nitrogen functional groups attached to an aromatic ring is 1. The van der Waals surface area contributed by atoms with E-state index >= 15 is 0 Å². The van der Waals surface area contributed by atoms with Crippen molar-refractivity contribution >= 4 is 213 Å². The maximum Gasteiger partial charge on any atom is 0.298 e. The average Bonchev–Trinajstić information content (AvgIpc) is 0.740. The van der Waals surface area contributed by atoms with Gasteiger partial charge in [0.2, 0.25) is 0 Å². The number of azo groups is 5. The van der Waals surface area contributed by atoms with Gasteiger partial charge in [0.05, 0.1) is 39.7 Å². The largest absolute Gasteiger partial charge is 0.505 e. The van der Waals surface area contributed by atoms with Gasteiger partial charge in [-0.2, -0.15) is 94.4 Å². The first-order valence-corrected chi connectivity index (χ1v) is 43.6. The molecule has 10 aromatic rings. The average molecular weight is 1770 g/mol. The van der Waals surface area contributed by atoms with E-state index in [1.165, 1.54) is 0 Å². The van der Waals surface area contributed by atoms with Crippen LogP contribution in [0.5, 0.6) is 23.0 Å². The first-order valence-electron chi connectivity index (χ1n) is 29.1. The summed E-state index contributed by atoms with van der Waals surface area (Å²) in [4.78, 5) is -1.71. The number of phenolic OH excluding ortho intramolecular Hbond substituents is 3. The molecule has 0 bridgehead atoms. The molecule has 0 saturated carbocycles. The number of hydrogen-bond donors (Lipinski definition) is 14. The minimum Gasteiger partial charge on any atom is -0.505 e. The normalized spacial score (nSPS) is 13.5. The summed E-state index contributed by atoms with van der Waals surface area (Å²) in [7, 11) is -55.1. The Hall–Kier alpha value is -11.3. The molecule has 0 aliphatic rings. The number of nitro groups is 1. The van der Waals surface area contributed by atoms with Crippen molar-refractivity contribution in [2.45, 2.75) is 50.5 Å². The fourth-order valence-electron chi connectivity index (χ4n) is 10.6. The van der Waals surface area contributed by atoms with E-state index in [2.05, 4.69) is 51.1 Å². The number of rotatable bonds is 25. The Labute approximate surface area is 631 Å². The highest BCUT2D eigenvalue weighted by Crippen LogP contribution is 2.52. The molecular formula is C55H40N12O36S10. The number of nitro benzene ring substituents is 1. The van der Waals surface area contributed by atoms with E-state index in [1.54, 1.807) is 0 Å². The third kappa shape index (κ3) is 18.0. The second kappa shape index (κ2) is 29.7.